The van der Waals surface area contributed by atoms with E-state index in [1.54, 1.807) is 0 Å². The minimum Gasteiger partial charge on any atom is -0.0663 e. The molecule has 0 saturated carbocycles. The maximum atomic E-state index is 2.39. The van der Waals surface area contributed by atoms with Crippen molar-refractivity contribution in [1.82, 2.24) is 0 Å². The Hall–Kier alpha value is -3.84. The molecule has 6 aromatic rings. The van der Waals surface area contributed by atoms with Gasteiger partial charge in [-0.25, -0.2) is 0 Å². The maximum Gasteiger partial charge on any atom is 0.243 e. The van der Waals surface area contributed by atoms with Crippen molar-refractivity contribution in [1.29, 1.82) is 0 Å². The van der Waals surface area contributed by atoms with Gasteiger partial charge in [-0.05, 0) is 45.2 Å². The highest BCUT2D eigenvalue weighted by atomic mass is 14.1. The quantitative estimate of drug-likeness (QED) is 0.241. The first-order chi connectivity index (χ1) is 17.3. The third-order valence-corrected chi connectivity index (χ3v) is 7.42. The summed E-state index contributed by atoms with van der Waals surface area (Å²) in [5.41, 5.74) is 5.70. The van der Waals surface area contributed by atoms with Gasteiger partial charge in [0.2, 0.25) is 6.71 Å². The molecule has 6 rings (SSSR count). The Balaban J connectivity index is 1.75. The maximum absolute atomic E-state index is 2.39. The Morgan fingerprint density at radius 2 is 0.971 bits per heavy atom. The van der Waals surface area contributed by atoms with Crippen LogP contribution in [0.4, 0.5) is 0 Å². The minimum atomic E-state index is 0.144. The molecule has 0 unspecified atom stereocenters. The second kappa shape index (κ2) is 9.43. The lowest BCUT2D eigenvalue weighted by Crippen LogP contribution is -2.54. The van der Waals surface area contributed by atoms with Gasteiger partial charge in [0.25, 0.3) is 0 Å². The number of hydrogen-bond acceptors (Lipinski definition) is 0. The van der Waals surface area contributed by atoms with Gasteiger partial charge in [-0.3, -0.25) is 0 Å². The lowest BCUT2D eigenvalue weighted by atomic mass is 9.34. The normalized spacial score (nSPS) is 11.3. The van der Waals surface area contributed by atoms with E-state index in [-0.39, 0.29) is 6.71 Å². The van der Waals surface area contributed by atoms with Crippen LogP contribution in [0.2, 0.25) is 0 Å². The second-order valence-corrected chi connectivity index (χ2v) is 9.53. The van der Waals surface area contributed by atoms with E-state index in [1.165, 1.54) is 67.1 Å². The van der Waals surface area contributed by atoms with Crippen LogP contribution in [0.15, 0.2) is 121 Å². The van der Waals surface area contributed by atoms with Gasteiger partial charge in [-0.15, -0.1) is 0 Å². The number of hydrogen-bond donors (Lipinski definition) is 0. The van der Waals surface area contributed by atoms with Gasteiger partial charge in [0.05, 0.1) is 0 Å². The highest BCUT2D eigenvalue weighted by molar-refractivity contribution is 6.99. The lowest BCUT2D eigenvalue weighted by Gasteiger charge is -2.24. The molecule has 0 aliphatic rings. The van der Waals surface area contributed by atoms with Gasteiger partial charge < -0.3 is 0 Å². The molecule has 0 spiro atoms. The van der Waals surface area contributed by atoms with Crippen LogP contribution in [0.3, 0.4) is 0 Å². The fourth-order valence-corrected chi connectivity index (χ4v) is 5.75. The monoisotopic (exact) mass is 448 g/mol. The van der Waals surface area contributed by atoms with Crippen molar-refractivity contribution in [3.8, 4) is 0 Å². The van der Waals surface area contributed by atoms with E-state index in [1.807, 2.05) is 0 Å². The highest BCUT2D eigenvalue weighted by Gasteiger charge is 2.29. The van der Waals surface area contributed by atoms with E-state index in [0.717, 1.165) is 6.42 Å². The zero-order valence-electron chi connectivity index (χ0n) is 20.2. The Labute approximate surface area is 208 Å². The minimum absolute atomic E-state index is 0.144. The number of rotatable bonds is 6. The summed E-state index contributed by atoms with van der Waals surface area (Å²) in [6.07, 6.45) is 3.49. The van der Waals surface area contributed by atoms with Crippen molar-refractivity contribution in [2.45, 2.75) is 26.2 Å². The Morgan fingerprint density at radius 1 is 0.486 bits per heavy atom. The average molecular weight is 448 g/mol. The Morgan fingerprint density at radius 3 is 1.54 bits per heavy atom. The molecule has 0 aliphatic heterocycles. The standard InChI is InChI=1S/C34H29B/c1-2-3-12-28-24-23-27-15-6-9-20-31(27)34(28)35(32-21-10-16-25-13-4-7-18-29(25)32)33-22-11-17-26-14-5-8-19-30(26)33/h4-11,13-24H,2-3,12H2,1H3. The molecule has 35 heavy (non-hydrogen) atoms. The molecular formula is C34H29B. The van der Waals surface area contributed by atoms with E-state index in [9.17, 15) is 0 Å². The molecule has 0 aromatic heterocycles. The molecule has 1 heteroatoms. The molecule has 0 radical (unpaired) electrons. The van der Waals surface area contributed by atoms with Gasteiger partial charge in [-0.2, -0.15) is 0 Å². The molecule has 0 saturated heterocycles. The van der Waals surface area contributed by atoms with Crippen LogP contribution >= 0.6 is 0 Å². The number of unbranched alkanes of at least 4 members (excludes halogenated alkanes) is 1. The van der Waals surface area contributed by atoms with Crippen LogP contribution in [-0.2, 0) is 6.42 Å². The van der Waals surface area contributed by atoms with Crippen molar-refractivity contribution in [2.24, 2.45) is 0 Å². The summed E-state index contributed by atoms with van der Waals surface area (Å²) >= 11 is 0. The summed E-state index contributed by atoms with van der Waals surface area (Å²) in [4.78, 5) is 0. The molecule has 0 N–H and O–H groups in total. The SMILES string of the molecule is CCCCc1ccc2ccccc2c1B(c1cccc2ccccc12)c1cccc2ccccc12. The molecule has 0 nitrogen and oxygen atoms in total. The average Bonchev–Trinajstić information content (AvgIpc) is 2.92. The second-order valence-electron chi connectivity index (χ2n) is 9.53. The summed E-state index contributed by atoms with van der Waals surface area (Å²) < 4.78 is 0. The first kappa shape index (κ1) is 21.7. The van der Waals surface area contributed by atoms with E-state index in [0.29, 0.717) is 0 Å². The number of fused-ring (bicyclic) bond motifs is 3. The van der Waals surface area contributed by atoms with E-state index < -0.39 is 0 Å². The molecule has 6 aromatic carbocycles. The predicted octanol–water partition coefficient (Wildman–Crippen LogP) is 7.01. The van der Waals surface area contributed by atoms with Crippen LogP contribution < -0.4 is 16.4 Å². The topological polar surface area (TPSA) is 0 Å². The van der Waals surface area contributed by atoms with Crippen molar-refractivity contribution in [3.63, 3.8) is 0 Å². The smallest absolute Gasteiger partial charge is 0.0663 e. The zero-order chi connectivity index (χ0) is 23.6. The van der Waals surface area contributed by atoms with E-state index in [4.69, 9.17) is 0 Å². The highest BCUT2D eigenvalue weighted by Crippen LogP contribution is 2.21. The van der Waals surface area contributed by atoms with Gasteiger partial charge in [-0.1, -0.05) is 157 Å². The fraction of sp³-hybridized carbons (Fsp3) is 0.118. The summed E-state index contributed by atoms with van der Waals surface area (Å²) in [6.45, 7) is 2.43. The van der Waals surface area contributed by atoms with Crippen LogP contribution in [0.1, 0.15) is 25.3 Å². The molecule has 0 fully saturated rings. The molecule has 0 amide bonds. The number of benzene rings is 6. The Bertz CT molecular complexity index is 1560. The molecule has 0 aliphatic carbocycles. The van der Waals surface area contributed by atoms with Crippen LogP contribution in [0, 0.1) is 0 Å². The largest absolute Gasteiger partial charge is 0.243 e. The molecule has 0 atom stereocenters. The van der Waals surface area contributed by atoms with E-state index in [2.05, 4.69) is 128 Å². The molecule has 0 bridgehead atoms. The predicted molar refractivity (Wildman–Crippen MR) is 155 cm³/mol. The van der Waals surface area contributed by atoms with Gasteiger partial charge >= 0.3 is 0 Å². The summed E-state index contributed by atoms with van der Waals surface area (Å²) in [7, 11) is 0. The summed E-state index contributed by atoms with van der Waals surface area (Å²) in [5.74, 6) is 0. The van der Waals surface area contributed by atoms with Crippen molar-refractivity contribution < 1.29 is 0 Å². The van der Waals surface area contributed by atoms with Crippen LogP contribution in [-0.4, -0.2) is 6.71 Å². The first-order valence-corrected chi connectivity index (χ1v) is 12.8. The van der Waals surface area contributed by atoms with Gasteiger partial charge in [0.1, 0.15) is 0 Å². The lowest BCUT2D eigenvalue weighted by molar-refractivity contribution is 0.798. The van der Waals surface area contributed by atoms with Crippen molar-refractivity contribution >= 4 is 55.4 Å². The number of aryl methyl sites for hydroxylation is 1. The Kier molecular flexibility index (Phi) is 5.84. The first-order valence-electron chi connectivity index (χ1n) is 12.8. The van der Waals surface area contributed by atoms with Crippen molar-refractivity contribution in [2.75, 3.05) is 0 Å². The van der Waals surface area contributed by atoms with Crippen LogP contribution in [0.25, 0.3) is 32.3 Å². The zero-order valence-corrected chi connectivity index (χ0v) is 20.2. The molecule has 168 valence electrons. The summed E-state index contributed by atoms with van der Waals surface area (Å²) in [6, 6.07) is 44.9. The van der Waals surface area contributed by atoms with Crippen molar-refractivity contribution in [3.05, 3.63) is 127 Å². The van der Waals surface area contributed by atoms with E-state index >= 15 is 0 Å². The van der Waals surface area contributed by atoms with Gasteiger partial charge in [0, 0.05) is 0 Å². The fourth-order valence-electron chi connectivity index (χ4n) is 5.75. The third-order valence-electron chi connectivity index (χ3n) is 7.42. The van der Waals surface area contributed by atoms with Gasteiger partial charge in [0.15, 0.2) is 0 Å². The molecular weight excluding hydrogens is 419 g/mol. The summed E-state index contributed by atoms with van der Waals surface area (Å²) in [5, 5.41) is 7.95. The van der Waals surface area contributed by atoms with Crippen LogP contribution in [0.5, 0.6) is 0 Å². The third kappa shape index (κ3) is 3.92. The molecule has 0 heterocycles.